The molecular formula is C12H18N2O8. The molecular weight excluding hydrogens is 300 g/mol. The van der Waals surface area contributed by atoms with Crippen molar-refractivity contribution in [2.75, 3.05) is 0 Å². The summed E-state index contributed by atoms with van der Waals surface area (Å²) in [4.78, 5) is 54.9. The molecule has 0 bridgehead atoms. The van der Waals surface area contributed by atoms with Crippen LogP contribution >= 0.6 is 0 Å². The molecule has 0 saturated carbocycles. The zero-order chi connectivity index (χ0) is 17.3. The monoisotopic (exact) mass is 318 g/mol. The van der Waals surface area contributed by atoms with E-state index in [9.17, 15) is 24.0 Å². The van der Waals surface area contributed by atoms with Gasteiger partial charge >= 0.3 is 17.9 Å². The van der Waals surface area contributed by atoms with Gasteiger partial charge in [-0.25, -0.2) is 4.79 Å². The largest absolute Gasteiger partial charge is 0.481 e. The van der Waals surface area contributed by atoms with Crippen LogP contribution in [0.3, 0.4) is 0 Å². The van der Waals surface area contributed by atoms with Crippen LogP contribution in [-0.4, -0.2) is 57.1 Å². The highest BCUT2D eigenvalue weighted by Crippen LogP contribution is 2.03. The number of amides is 2. The highest BCUT2D eigenvalue weighted by Gasteiger charge is 2.26. The molecule has 0 aliphatic rings. The minimum Gasteiger partial charge on any atom is -0.481 e. The second-order valence-electron chi connectivity index (χ2n) is 4.52. The molecule has 0 aliphatic carbocycles. The quantitative estimate of drug-likeness (QED) is 0.334. The van der Waals surface area contributed by atoms with Gasteiger partial charge in [0.1, 0.15) is 12.1 Å². The molecule has 0 rings (SSSR count). The molecule has 0 aromatic heterocycles. The van der Waals surface area contributed by atoms with Gasteiger partial charge in [0, 0.05) is 19.8 Å². The Kier molecular flexibility index (Phi) is 8.19. The number of carbonyl (C=O) groups is 5. The zero-order valence-electron chi connectivity index (χ0n) is 11.9. The van der Waals surface area contributed by atoms with E-state index in [0.717, 1.165) is 6.92 Å². The van der Waals surface area contributed by atoms with Crippen molar-refractivity contribution in [1.29, 1.82) is 0 Å². The van der Waals surface area contributed by atoms with E-state index < -0.39 is 54.6 Å². The van der Waals surface area contributed by atoms with Crippen molar-refractivity contribution in [2.24, 2.45) is 0 Å². The Bertz CT molecular complexity index is 462. The number of carboxylic acids is 3. The summed E-state index contributed by atoms with van der Waals surface area (Å²) in [7, 11) is 0. The van der Waals surface area contributed by atoms with E-state index in [1.54, 1.807) is 0 Å². The fourth-order valence-corrected chi connectivity index (χ4v) is 1.58. The van der Waals surface area contributed by atoms with E-state index in [-0.39, 0.29) is 12.8 Å². The lowest BCUT2D eigenvalue weighted by Gasteiger charge is -2.20. The summed E-state index contributed by atoms with van der Waals surface area (Å²) >= 11 is 0. The smallest absolute Gasteiger partial charge is 0.326 e. The Morgan fingerprint density at radius 2 is 1.27 bits per heavy atom. The SMILES string of the molecule is CC(=O)NC(CCC(=O)O)C(=O)NC(CCC(=O)O)C(=O)O. The van der Waals surface area contributed by atoms with Gasteiger partial charge in [-0.05, 0) is 12.8 Å². The number of carbonyl (C=O) groups excluding carboxylic acids is 2. The van der Waals surface area contributed by atoms with Gasteiger partial charge in [-0.15, -0.1) is 0 Å². The third kappa shape index (κ3) is 8.51. The third-order valence-corrected chi connectivity index (χ3v) is 2.60. The maximum absolute atomic E-state index is 11.9. The van der Waals surface area contributed by atoms with Gasteiger partial charge < -0.3 is 26.0 Å². The first-order valence-corrected chi connectivity index (χ1v) is 6.37. The highest BCUT2D eigenvalue weighted by atomic mass is 16.4. The van der Waals surface area contributed by atoms with Gasteiger partial charge in [0.25, 0.3) is 0 Å². The van der Waals surface area contributed by atoms with E-state index >= 15 is 0 Å². The second kappa shape index (κ2) is 9.32. The second-order valence-corrected chi connectivity index (χ2v) is 4.52. The minimum absolute atomic E-state index is 0.216. The Morgan fingerprint density at radius 3 is 1.64 bits per heavy atom. The van der Waals surface area contributed by atoms with Crippen LogP contribution < -0.4 is 10.6 Å². The van der Waals surface area contributed by atoms with Crippen molar-refractivity contribution in [3.05, 3.63) is 0 Å². The molecule has 0 aromatic rings. The maximum atomic E-state index is 11.9. The van der Waals surface area contributed by atoms with Crippen LogP contribution in [0.4, 0.5) is 0 Å². The number of hydrogen-bond donors (Lipinski definition) is 5. The molecule has 0 fully saturated rings. The predicted molar refractivity (Wildman–Crippen MR) is 70.9 cm³/mol. The lowest BCUT2D eigenvalue weighted by atomic mass is 10.1. The van der Waals surface area contributed by atoms with Crippen molar-refractivity contribution in [1.82, 2.24) is 10.6 Å². The maximum Gasteiger partial charge on any atom is 0.326 e. The van der Waals surface area contributed by atoms with E-state index in [2.05, 4.69) is 10.6 Å². The molecule has 10 heteroatoms. The summed E-state index contributed by atoms with van der Waals surface area (Å²) in [6.07, 6.45) is -1.41. The Balaban J connectivity index is 4.79. The summed E-state index contributed by atoms with van der Waals surface area (Å²) < 4.78 is 0. The first-order chi connectivity index (χ1) is 10.1. The molecule has 0 aliphatic heterocycles. The van der Waals surface area contributed by atoms with Crippen LogP contribution in [0.2, 0.25) is 0 Å². The summed E-state index contributed by atoms with van der Waals surface area (Å²) in [6, 6.07) is -2.65. The summed E-state index contributed by atoms with van der Waals surface area (Å²) in [5.74, 6) is -5.28. The molecule has 0 aromatic carbocycles. The predicted octanol–water partition coefficient (Wildman–Crippen LogP) is -1.21. The Labute approximate surface area is 125 Å². The average Bonchev–Trinajstić information content (AvgIpc) is 2.37. The Hall–Kier alpha value is -2.65. The van der Waals surface area contributed by atoms with Gasteiger partial charge in [-0.1, -0.05) is 0 Å². The van der Waals surface area contributed by atoms with Crippen molar-refractivity contribution >= 4 is 29.7 Å². The summed E-state index contributed by atoms with van der Waals surface area (Å²) in [5, 5.41) is 30.4. The average molecular weight is 318 g/mol. The highest BCUT2D eigenvalue weighted by molar-refractivity contribution is 5.90. The van der Waals surface area contributed by atoms with Crippen LogP contribution in [0.5, 0.6) is 0 Å². The topological polar surface area (TPSA) is 170 Å². The van der Waals surface area contributed by atoms with Gasteiger partial charge in [0.2, 0.25) is 11.8 Å². The molecule has 2 atom stereocenters. The molecule has 22 heavy (non-hydrogen) atoms. The van der Waals surface area contributed by atoms with Crippen LogP contribution in [0.1, 0.15) is 32.6 Å². The van der Waals surface area contributed by atoms with Crippen LogP contribution in [0.25, 0.3) is 0 Å². The first kappa shape index (κ1) is 19.4. The number of rotatable bonds is 10. The van der Waals surface area contributed by atoms with Crippen LogP contribution in [0.15, 0.2) is 0 Å². The first-order valence-electron chi connectivity index (χ1n) is 6.37. The molecule has 0 radical (unpaired) electrons. The van der Waals surface area contributed by atoms with Gasteiger partial charge in [0.05, 0.1) is 0 Å². The lowest BCUT2D eigenvalue weighted by molar-refractivity contribution is -0.144. The minimum atomic E-state index is -1.44. The van der Waals surface area contributed by atoms with Gasteiger partial charge in [-0.3, -0.25) is 19.2 Å². The molecule has 2 unspecified atom stereocenters. The number of hydrogen-bond acceptors (Lipinski definition) is 5. The third-order valence-electron chi connectivity index (χ3n) is 2.60. The van der Waals surface area contributed by atoms with Crippen LogP contribution in [-0.2, 0) is 24.0 Å². The van der Waals surface area contributed by atoms with Crippen LogP contribution in [0, 0.1) is 0 Å². The standard InChI is InChI=1S/C12H18N2O8/c1-6(15)13-7(2-4-9(16)17)11(20)14-8(12(21)22)3-5-10(18)19/h7-8H,2-5H2,1H3,(H,13,15)(H,14,20)(H,16,17)(H,18,19)(H,21,22). The molecule has 0 saturated heterocycles. The van der Waals surface area contributed by atoms with E-state index in [1.165, 1.54) is 0 Å². The van der Waals surface area contributed by atoms with Crippen molar-refractivity contribution < 1.29 is 39.3 Å². The van der Waals surface area contributed by atoms with Gasteiger partial charge in [-0.2, -0.15) is 0 Å². The van der Waals surface area contributed by atoms with Gasteiger partial charge in [0.15, 0.2) is 0 Å². The molecule has 0 heterocycles. The number of carboxylic acid groups (broad SMARTS) is 3. The van der Waals surface area contributed by atoms with E-state index in [0.29, 0.717) is 0 Å². The zero-order valence-corrected chi connectivity index (χ0v) is 11.9. The molecule has 2 amide bonds. The molecule has 0 spiro atoms. The van der Waals surface area contributed by atoms with Crippen molar-refractivity contribution in [3.63, 3.8) is 0 Å². The molecule has 10 nitrogen and oxygen atoms in total. The van der Waals surface area contributed by atoms with E-state index in [1.807, 2.05) is 0 Å². The molecule has 5 N–H and O–H groups in total. The number of aliphatic carboxylic acids is 3. The normalized spacial score (nSPS) is 12.8. The summed E-state index contributed by atoms with van der Waals surface area (Å²) in [6.45, 7) is 1.13. The van der Waals surface area contributed by atoms with E-state index in [4.69, 9.17) is 15.3 Å². The fourth-order valence-electron chi connectivity index (χ4n) is 1.58. The lowest BCUT2D eigenvalue weighted by Crippen LogP contribution is -2.51. The molecule has 124 valence electrons. The fraction of sp³-hybridized carbons (Fsp3) is 0.583. The Morgan fingerprint density at radius 1 is 0.818 bits per heavy atom. The van der Waals surface area contributed by atoms with Crippen molar-refractivity contribution in [3.8, 4) is 0 Å². The summed E-state index contributed by atoms with van der Waals surface area (Å²) in [5.41, 5.74) is 0. The number of nitrogens with one attached hydrogen (secondary N) is 2. The van der Waals surface area contributed by atoms with Crippen molar-refractivity contribution in [2.45, 2.75) is 44.7 Å².